The van der Waals surface area contributed by atoms with Crippen molar-refractivity contribution in [3.05, 3.63) is 173 Å². The van der Waals surface area contributed by atoms with Crippen LogP contribution in [0.5, 0.6) is 0 Å². The number of nitrogens with zero attached hydrogens (tertiary/aromatic N) is 12. The average molecular weight is 1970 g/mol. The van der Waals surface area contributed by atoms with E-state index in [4.69, 9.17) is 66.3 Å². The molecular weight excluding hydrogens is 1850 g/mol. The summed E-state index contributed by atoms with van der Waals surface area (Å²) in [7, 11) is 7.56. The first-order valence-electron chi connectivity index (χ1n) is 46.1. The number of imidazole rings is 4. The van der Waals surface area contributed by atoms with Crippen LogP contribution < -0.4 is 10.6 Å². The lowest BCUT2D eigenvalue weighted by molar-refractivity contribution is -0.149. The fourth-order valence-electron chi connectivity index (χ4n) is 25.8. The predicted molar refractivity (Wildman–Crippen MR) is 514 cm³/mol. The van der Waals surface area contributed by atoms with Gasteiger partial charge >= 0.3 is 23.9 Å². The van der Waals surface area contributed by atoms with E-state index >= 15 is 0 Å². The summed E-state index contributed by atoms with van der Waals surface area (Å²) in [5.41, 5.74) is 11.0. The Kier molecular flexibility index (Phi) is 28.3. The molecule has 0 atom stereocenters. The Morgan fingerprint density at radius 1 is 0.333 bits per heavy atom. The van der Waals surface area contributed by atoms with Crippen molar-refractivity contribution in [3.8, 4) is 22.3 Å². The summed E-state index contributed by atoms with van der Waals surface area (Å²) in [5, 5.41) is 46.9. The van der Waals surface area contributed by atoms with Crippen LogP contribution in [-0.2, 0) is 112 Å². The molecule has 20 rings (SSSR count). The Labute approximate surface area is 813 Å². The largest absolute Gasteiger partial charge is 0.481 e. The molecule has 0 spiro atoms. The molecule has 2 amide bonds. The Morgan fingerprint density at radius 2 is 0.568 bits per heavy atom. The summed E-state index contributed by atoms with van der Waals surface area (Å²) in [5.74, 6) is -2.11. The van der Waals surface area contributed by atoms with Crippen LogP contribution in [0.1, 0.15) is 253 Å². The molecule has 12 aliphatic rings. The number of carbonyl (C=O) groups excluding carboxylic acids is 4. The normalized spacial score (nSPS) is 26.4. The maximum atomic E-state index is 13.9. The molecule has 8 heterocycles. The van der Waals surface area contributed by atoms with Crippen molar-refractivity contribution in [1.29, 1.82) is 0 Å². The summed E-state index contributed by atoms with van der Waals surface area (Å²) in [6.07, 6.45) is 24.6. The van der Waals surface area contributed by atoms with Gasteiger partial charge in [0.1, 0.15) is 0 Å². The Hall–Kier alpha value is -7.96. The highest BCUT2D eigenvalue weighted by molar-refractivity contribution is 6.40. The maximum absolute atomic E-state index is 13.9. The number of aliphatic carboxylic acids is 4. The zero-order valence-corrected chi connectivity index (χ0v) is 81.5. The van der Waals surface area contributed by atoms with Gasteiger partial charge < -0.3 is 49.3 Å². The summed E-state index contributed by atoms with van der Waals surface area (Å²) < 4.78 is 7.60. The number of hydrogen-bond acceptors (Lipinski definition) is 16. The van der Waals surface area contributed by atoms with Gasteiger partial charge in [-0.25, -0.2) is 19.9 Å². The van der Waals surface area contributed by atoms with E-state index in [0.29, 0.717) is 114 Å². The highest BCUT2D eigenvalue weighted by Gasteiger charge is 2.62. The van der Waals surface area contributed by atoms with Crippen molar-refractivity contribution in [2.75, 3.05) is 63.0 Å². The van der Waals surface area contributed by atoms with Gasteiger partial charge in [-0.2, -0.15) is 0 Å². The van der Waals surface area contributed by atoms with Crippen molar-refractivity contribution in [2.45, 2.75) is 219 Å². The SMILES string of the molecule is Cl.Cl.Cl.Cl.Cn1c(C(=O)Cc2cccc(-c3cccc(NC(=O)c4nc5c(n4C)CCN(CCC46CCC(C(=O)O)(CC4)C6)C5)c3Cl)c2Cl)nc2c1CCN(CCC13CCC(C(=O)O)(CC1)C3)C2.Cn1c(C(=O)Cc2cccc(-c3cccc(NC(=O)c4nc5c(n4C)CCN(CCC46CCC(C(=O)O)(CC4)C6)C5)c3Cl)c2Cl)nc2c1CCN(CCC13CCC(C(=O)O)(CC1)C3)C2. The second kappa shape index (κ2) is 37.8. The number of carboxylic acids is 4. The summed E-state index contributed by atoms with van der Waals surface area (Å²) in [4.78, 5) is 132. The van der Waals surface area contributed by atoms with Crippen LogP contribution in [0.3, 0.4) is 0 Å². The number of Topliss-reactive ketones (excluding diaryl/α,β-unsaturated/α-hetero) is 2. The molecule has 8 bridgehead atoms. The van der Waals surface area contributed by atoms with E-state index in [0.717, 1.165) is 278 Å². The molecule has 4 aliphatic heterocycles. The van der Waals surface area contributed by atoms with Crippen LogP contribution in [-0.4, -0.2) is 178 Å². The third kappa shape index (κ3) is 17.9. The first kappa shape index (κ1) is 98.5. The first-order valence-corrected chi connectivity index (χ1v) is 47.6. The molecule has 26 nitrogen and oxygen atoms in total. The van der Waals surface area contributed by atoms with Gasteiger partial charge in [-0.15, -0.1) is 49.6 Å². The number of hydrogen-bond donors (Lipinski definition) is 6. The number of ketones is 2. The summed E-state index contributed by atoms with van der Waals surface area (Å²) >= 11 is 28.2. The van der Waals surface area contributed by atoms with E-state index in [9.17, 15) is 58.8 Å². The molecule has 34 heteroatoms. The molecule has 0 unspecified atom stereocenters. The molecule has 8 saturated carbocycles. The maximum Gasteiger partial charge on any atom is 0.309 e. The molecule has 8 aromatic rings. The molecule has 8 fully saturated rings. The van der Waals surface area contributed by atoms with Gasteiger partial charge in [-0.3, -0.25) is 58.0 Å². The Bertz CT molecular complexity index is 5180. The predicted octanol–water partition coefficient (Wildman–Crippen LogP) is 18.4. The highest BCUT2D eigenvalue weighted by Crippen LogP contribution is 2.67. The molecule has 0 radical (unpaired) electrons. The van der Waals surface area contributed by atoms with Gasteiger partial charge in [0.05, 0.1) is 75.9 Å². The van der Waals surface area contributed by atoms with E-state index in [-0.39, 0.29) is 108 Å². The molecule has 708 valence electrons. The van der Waals surface area contributed by atoms with E-state index in [1.54, 1.807) is 12.1 Å². The second-order valence-corrected chi connectivity index (χ2v) is 42.2. The van der Waals surface area contributed by atoms with Crippen molar-refractivity contribution in [3.63, 3.8) is 0 Å². The van der Waals surface area contributed by atoms with Gasteiger partial charge in [0.15, 0.2) is 23.3 Å². The Balaban J connectivity index is 0.000000196. The third-order valence-corrected chi connectivity index (χ3v) is 35.5. The molecule has 4 aromatic carbocycles. The fourth-order valence-corrected chi connectivity index (χ4v) is 26.9. The lowest BCUT2D eigenvalue weighted by Crippen LogP contribution is -2.34. The van der Waals surface area contributed by atoms with Gasteiger partial charge in [0.25, 0.3) is 11.8 Å². The highest BCUT2D eigenvalue weighted by atomic mass is 35.5. The first-order chi connectivity index (χ1) is 61.2. The van der Waals surface area contributed by atoms with E-state index in [1.807, 2.05) is 107 Å². The van der Waals surface area contributed by atoms with E-state index in [2.05, 4.69) is 30.2 Å². The molecule has 8 aliphatic carbocycles. The number of carboxylic acid groups (broad SMARTS) is 4. The molecule has 0 saturated heterocycles. The van der Waals surface area contributed by atoms with Gasteiger partial charge in [-0.1, -0.05) is 107 Å². The number of anilines is 2. The zero-order valence-electron chi connectivity index (χ0n) is 75.2. The minimum absolute atomic E-state index is 0. The van der Waals surface area contributed by atoms with Gasteiger partial charge in [0, 0.05) is 164 Å². The van der Waals surface area contributed by atoms with Crippen LogP contribution in [0.25, 0.3) is 22.3 Å². The molecule has 4 aromatic heterocycles. The third-order valence-electron chi connectivity index (χ3n) is 33.8. The zero-order chi connectivity index (χ0) is 89.5. The smallest absolute Gasteiger partial charge is 0.309 e. The van der Waals surface area contributed by atoms with Crippen molar-refractivity contribution >= 4 is 155 Å². The number of fused-ring (bicyclic) bond motifs is 12. The summed E-state index contributed by atoms with van der Waals surface area (Å²) in [6, 6.07) is 21.9. The van der Waals surface area contributed by atoms with Crippen LogP contribution in [0.2, 0.25) is 20.1 Å². The second-order valence-electron chi connectivity index (χ2n) is 40.7. The van der Waals surface area contributed by atoms with Crippen molar-refractivity contribution < 1.29 is 58.8 Å². The van der Waals surface area contributed by atoms with Crippen LogP contribution in [0.15, 0.2) is 72.8 Å². The topological polar surface area (TPSA) is 326 Å². The number of carbonyl (C=O) groups is 8. The quantitative estimate of drug-likeness (QED) is 0.0248. The van der Waals surface area contributed by atoms with Gasteiger partial charge in [-0.05, 0) is 225 Å². The number of rotatable bonds is 28. The molecular formula is C98H118Cl8N14O12. The van der Waals surface area contributed by atoms with Gasteiger partial charge in [0.2, 0.25) is 11.6 Å². The van der Waals surface area contributed by atoms with Crippen LogP contribution in [0, 0.1) is 43.3 Å². The van der Waals surface area contributed by atoms with E-state index < -0.39 is 45.5 Å². The van der Waals surface area contributed by atoms with Crippen LogP contribution >= 0.6 is 96.0 Å². The average Bonchev–Trinajstić information content (AvgIpc) is 1.33. The van der Waals surface area contributed by atoms with Crippen molar-refractivity contribution in [1.82, 2.24) is 57.8 Å². The monoisotopic (exact) mass is 1960 g/mol. The number of aromatic nitrogens is 8. The van der Waals surface area contributed by atoms with Crippen molar-refractivity contribution in [2.24, 2.45) is 71.5 Å². The van der Waals surface area contributed by atoms with E-state index in [1.165, 1.54) is 0 Å². The summed E-state index contributed by atoms with van der Waals surface area (Å²) in [6.45, 7) is 9.65. The minimum Gasteiger partial charge on any atom is -0.481 e. The number of nitrogens with one attached hydrogen (secondary N) is 2. The Morgan fingerprint density at radius 3 is 0.818 bits per heavy atom. The number of halogens is 8. The molecule has 6 N–H and O–H groups in total. The number of benzene rings is 4. The lowest BCUT2D eigenvalue weighted by atomic mass is 9.80. The fraction of sp³-hybridized carbons (Fsp3) is 0.551. The number of amides is 2. The standard InChI is InChI=1S/2C49H57Cl2N7O6.4ClH/c2*1-55-36-9-21-57(23-19-46-11-15-48(28-46,16-12-46)44(61)62)26-34(36)52-41(55)38(59)25-30-5-3-6-31(39(30)50)32-7-4-8-33(40(32)51)54-43(60)42-53-35-27-58(22-10-37(35)56(42)2)24-20-47-13-17-49(29-47,18-14-47)45(63)64;;;;/h2*3-8H,9-29H2,1-2H3,(H,54,60)(H,61,62)(H,63,64);4*1H. The minimum atomic E-state index is -0.630. The van der Waals surface area contributed by atoms with Crippen LogP contribution in [0.4, 0.5) is 11.4 Å². The lowest BCUT2D eigenvalue weighted by Gasteiger charge is -2.32. The molecule has 132 heavy (non-hydrogen) atoms.